The lowest BCUT2D eigenvalue weighted by molar-refractivity contribution is 0.102. The number of fused-ring (bicyclic) bond motifs is 1. The number of carbonyl (C=O) groups is 1. The van der Waals surface area contributed by atoms with Gasteiger partial charge < -0.3 is 14.8 Å². The van der Waals surface area contributed by atoms with Crippen molar-refractivity contribution in [1.29, 1.82) is 0 Å². The molecule has 0 radical (unpaired) electrons. The number of nitrogens with one attached hydrogen (secondary N) is 1. The van der Waals surface area contributed by atoms with Crippen LogP contribution in [0, 0.1) is 0 Å². The number of anilines is 1. The molecule has 0 aliphatic rings. The fraction of sp³-hybridized carbons (Fsp3) is 0.0833. The summed E-state index contributed by atoms with van der Waals surface area (Å²) < 4.78 is 10.6. The molecule has 0 fully saturated rings. The minimum atomic E-state index is -0.226. The number of hydrogen-bond acceptors (Lipinski definition) is 4. The van der Waals surface area contributed by atoms with Crippen LogP contribution in [0.2, 0.25) is 0 Å². The molecule has 1 N–H and O–H groups in total. The predicted molar refractivity (Wildman–Crippen MR) is 115 cm³/mol. The summed E-state index contributed by atoms with van der Waals surface area (Å²) in [4.78, 5) is 17.9. The summed E-state index contributed by atoms with van der Waals surface area (Å²) in [5, 5.41) is 3.74. The normalized spacial score (nSPS) is 10.6. The van der Waals surface area contributed by atoms with Gasteiger partial charge in [-0.3, -0.25) is 4.79 Å². The van der Waals surface area contributed by atoms with Crippen LogP contribution < -0.4 is 14.8 Å². The molecule has 4 aromatic rings. The Morgan fingerprint density at radius 2 is 1.48 bits per heavy atom. The molecular formula is C24H20N2O3. The van der Waals surface area contributed by atoms with E-state index in [-0.39, 0.29) is 5.91 Å². The molecule has 5 heteroatoms. The fourth-order valence-corrected chi connectivity index (χ4v) is 3.20. The highest BCUT2D eigenvalue weighted by atomic mass is 16.5. The number of benzene rings is 3. The lowest BCUT2D eigenvalue weighted by Gasteiger charge is -2.12. The SMILES string of the molecule is COc1cc(NC(=O)c2cc(-c3ccccc3)nc3ccccc23)cc(OC)c1. The zero-order valence-corrected chi connectivity index (χ0v) is 16.2. The third kappa shape index (κ3) is 3.89. The van der Waals surface area contributed by atoms with E-state index in [1.807, 2.05) is 60.7 Å². The second kappa shape index (κ2) is 8.02. The van der Waals surface area contributed by atoms with Crippen molar-refractivity contribution < 1.29 is 14.3 Å². The second-order valence-corrected chi connectivity index (χ2v) is 6.49. The topological polar surface area (TPSA) is 60.5 Å². The minimum absolute atomic E-state index is 0.226. The summed E-state index contributed by atoms with van der Waals surface area (Å²) in [5.74, 6) is 0.976. The number of para-hydroxylation sites is 1. The molecule has 0 unspecified atom stereocenters. The molecule has 0 aliphatic heterocycles. The van der Waals surface area contributed by atoms with E-state index in [4.69, 9.17) is 14.5 Å². The van der Waals surface area contributed by atoms with Gasteiger partial charge in [-0.2, -0.15) is 0 Å². The maximum Gasteiger partial charge on any atom is 0.256 e. The third-order valence-electron chi connectivity index (χ3n) is 4.64. The van der Waals surface area contributed by atoms with Crippen molar-refractivity contribution in [1.82, 2.24) is 4.98 Å². The van der Waals surface area contributed by atoms with Crippen molar-refractivity contribution in [2.24, 2.45) is 0 Å². The van der Waals surface area contributed by atoms with Gasteiger partial charge in [-0.05, 0) is 12.1 Å². The van der Waals surface area contributed by atoms with Crippen LogP contribution in [-0.2, 0) is 0 Å². The Morgan fingerprint density at radius 3 is 2.17 bits per heavy atom. The number of ether oxygens (including phenoxy) is 2. The van der Waals surface area contributed by atoms with Crippen molar-refractivity contribution >= 4 is 22.5 Å². The molecule has 0 saturated carbocycles. The fourth-order valence-electron chi connectivity index (χ4n) is 3.20. The number of nitrogens with zero attached hydrogens (tertiary/aromatic N) is 1. The highest BCUT2D eigenvalue weighted by molar-refractivity contribution is 6.13. The van der Waals surface area contributed by atoms with E-state index < -0.39 is 0 Å². The van der Waals surface area contributed by atoms with Crippen LogP contribution in [-0.4, -0.2) is 25.1 Å². The summed E-state index contributed by atoms with van der Waals surface area (Å²) in [6.45, 7) is 0. The smallest absolute Gasteiger partial charge is 0.256 e. The van der Waals surface area contributed by atoms with Crippen LogP contribution in [0.5, 0.6) is 11.5 Å². The highest BCUT2D eigenvalue weighted by Gasteiger charge is 2.15. The van der Waals surface area contributed by atoms with E-state index in [0.29, 0.717) is 22.7 Å². The van der Waals surface area contributed by atoms with Gasteiger partial charge in [0.1, 0.15) is 11.5 Å². The summed E-state index contributed by atoms with van der Waals surface area (Å²) in [6.07, 6.45) is 0. The first-order chi connectivity index (χ1) is 14.2. The maximum absolute atomic E-state index is 13.2. The molecule has 0 aliphatic carbocycles. The van der Waals surface area contributed by atoms with Gasteiger partial charge in [-0.1, -0.05) is 48.5 Å². The number of amides is 1. The molecule has 3 aromatic carbocycles. The molecular weight excluding hydrogens is 364 g/mol. The molecule has 0 saturated heterocycles. The van der Waals surface area contributed by atoms with Crippen LogP contribution in [0.3, 0.4) is 0 Å². The molecule has 29 heavy (non-hydrogen) atoms. The third-order valence-corrected chi connectivity index (χ3v) is 4.64. The van der Waals surface area contributed by atoms with E-state index in [1.54, 1.807) is 32.4 Å². The first-order valence-corrected chi connectivity index (χ1v) is 9.17. The average molecular weight is 384 g/mol. The first-order valence-electron chi connectivity index (χ1n) is 9.17. The Balaban J connectivity index is 1.78. The molecule has 5 nitrogen and oxygen atoms in total. The van der Waals surface area contributed by atoms with Crippen LogP contribution >= 0.6 is 0 Å². The van der Waals surface area contributed by atoms with E-state index in [2.05, 4.69) is 5.32 Å². The monoisotopic (exact) mass is 384 g/mol. The van der Waals surface area contributed by atoms with Gasteiger partial charge in [-0.25, -0.2) is 4.98 Å². The minimum Gasteiger partial charge on any atom is -0.497 e. The summed E-state index contributed by atoms with van der Waals surface area (Å²) in [5.41, 5.74) is 3.61. The average Bonchev–Trinajstić information content (AvgIpc) is 2.78. The van der Waals surface area contributed by atoms with Crippen molar-refractivity contribution in [2.75, 3.05) is 19.5 Å². The Bertz CT molecular complexity index is 1150. The quantitative estimate of drug-likeness (QED) is 0.516. The lowest BCUT2D eigenvalue weighted by Crippen LogP contribution is -2.13. The number of rotatable bonds is 5. The van der Waals surface area contributed by atoms with Crippen molar-refractivity contribution in [2.45, 2.75) is 0 Å². The number of hydrogen-bond donors (Lipinski definition) is 1. The summed E-state index contributed by atoms with van der Waals surface area (Å²) in [7, 11) is 3.14. The number of carbonyl (C=O) groups excluding carboxylic acids is 1. The van der Waals surface area contributed by atoms with Crippen LogP contribution in [0.25, 0.3) is 22.2 Å². The summed E-state index contributed by atoms with van der Waals surface area (Å²) in [6, 6.07) is 24.5. The van der Waals surface area contributed by atoms with E-state index in [9.17, 15) is 4.79 Å². The van der Waals surface area contributed by atoms with Gasteiger partial charge in [0, 0.05) is 34.8 Å². The van der Waals surface area contributed by atoms with E-state index in [1.165, 1.54) is 0 Å². The van der Waals surface area contributed by atoms with Gasteiger partial charge in [0.05, 0.1) is 31.0 Å². The second-order valence-electron chi connectivity index (χ2n) is 6.49. The van der Waals surface area contributed by atoms with Crippen LogP contribution in [0.15, 0.2) is 78.9 Å². The lowest BCUT2D eigenvalue weighted by atomic mass is 10.0. The Kier molecular flexibility index (Phi) is 5.12. The molecule has 1 aromatic heterocycles. The Hall–Kier alpha value is -3.86. The van der Waals surface area contributed by atoms with Gasteiger partial charge >= 0.3 is 0 Å². The molecule has 1 heterocycles. The largest absolute Gasteiger partial charge is 0.497 e. The van der Waals surface area contributed by atoms with Crippen LogP contribution in [0.4, 0.5) is 5.69 Å². The molecule has 144 valence electrons. The highest BCUT2D eigenvalue weighted by Crippen LogP contribution is 2.28. The zero-order valence-electron chi connectivity index (χ0n) is 16.2. The van der Waals surface area contributed by atoms with Crippen molar-refractivity contribution in [3.8, 4) is 22.8 Å². The predicted octanol–water partition coefficient (Wildman–Crippen LogP) is 5.17. The van der Waals surface area contributed by atoms with Crippen molar-refractivity contribution in [3.05, 3.63) is 84.4 Å². The maximum atomic E-state index is 13.2. The molecule has 4 rings (SSSR count). The Labute approximate surface area is 168 Å². The van der Waals surface area contributed by atoms with E-state index >= 15 is 0 Å². The van der Waals surface area contributed by atoms with Gasteiger partial charge in [0.15, 0.2) is 0 Å². The Morgan fingerprint density at radius 1 is 0.828 bits per heavy atom. The molecule has 0 spiro atoms. The first kappa shape index (κ1) is 18.5. The van der Waals surface area contributed by atoms with E-state index in [0.717, 1.165) is 22.2 Å². The molecule has 1 amide bonds. The van der Waals surface area contributed by atoms with Gasteiger partial charge in [0.2, 0.25) is 0 Å². The number of pyridine rings is 1. The number of methoxy groups -OCH3 is 2. The van der Waals surface area contributed by atoms with Crippen LogP contribution in [0.1, 0.15) is 10.4 Å². The van der Waals surface area contributed by atoms with Gasteiger partial charge in [-0.15, -0.1) is 0 Å². The molecule has 0 bridgehead atoms. The standard InChI is InChI=1S/C24H20N2O3/c1-28-18-12-17(13-19(14-18)29-2)25-24(27)21-15-23(16-8-4-3-5-9-16)26-22-11-7-6-10-20(21)22/h3-15H,1-2H3,(H,25,27). The van der Waals surface area contributed by atoms with Gasteiger partial charge in [0.25, 0.3) is 5.91 Å². The van der Waals surface area contributed by atoms with Crippen molar-refractivity contribution in [3.63, 3.8) is 0 Å². The summed E-state index contributed by atoms with van der Waals surface area (Å²) >= 11 is 0. The number of aromatic nitrogens is 1. The zero-order chi connectivity index (χ0) is 20.2. The molecule has 0 atom stereocenters.